The van der Waals surface area contributed by atoms with Crippen LogP contribution < -0.4 is 5.73 Å². The van der Waals surface area contributed by atoms with E-state index >= 15 is 0 Å². The smallest absolute Gasteiger partial charge is 0.158 e. The molecule has 0 bridgehead atoms. The average Bonchev–Trinajstić information content (AvgIpc) is 2.70. The molecule has 0 spiro atoms. The Balaban J connectivity index is 1.72. The van der Waals surface area contributed by atoms with Crippen LogP contribution in [0.3, 0.4) is 0 Å². The lowest BCUT2D eigenvalue weighted by Crippen LogP contribution is -2.26. The Morgan fingerprint density at radius 1 is 1.24 bits per heavy atom. The number of hydrogen-bond acceptors (Lipinski definition) is 5. The molecule has 0 aromatic carbocycles. The highest BCUT2D eigenvalue weighted by Gasteiger charge is 2.30. The molecule has 2 N–H and O–H groups in total. The summed E-state index contributed by atoms with van der Waals surface area (Å²) in [5.74, 6) is 1.05. The second-order valence-corrected chi connectivity index (χ2v) is 7.23. The highest BCUT2D eigenvalue weighted by Crippen LogP contribution is 2.27. The van der Waals surface area contributed by atoms with E-state index in [1.807, 2.05) is 0 Å². The number of sulfone groups is 1. The van der Waals surface area contributed by atoms with Crippen LogP contribution in [0.4, 0.5) is 0 Å². The Morgan fingerprint density at radius 3 is 2.59 bits per heavy atom. The summed E-state index contributed by atoms with van der Waals surface area (Å²) in [7, 11) is -2.77. The Bertz CT molecular complexity index is 329. The molecule has 0 amide bonds. The van der Waals surface area contributed by atoms with E-state index in [0.29, 0.717) is 30.6 Å². The van der Waals surface area contributed by atoms with E-state index in [1.165, 1.54) is 0 Å². The van der Waals surface area contributed by atoms with Crippen LogP contribution in [-0.2, 0) is 19.3 Å². The second-order valence-electron chi connectivity index (χ2n) is 4.93. The predicted molar refractivity (Wildman–Crippen MR) is 64.3 cm³/mol. The van der Waals surface area contributed by atoms with Gasteiger partial charge in [0, 0.05) is 6.42 Å². The van der Waals surface area contributed by atoms with Crippen molar-refractivity contribution < 1.29 is 17.9 Å². The first-order valence-corrected chi connectivity index (χ1v) is 8.09. The molecule has 2 aliphatic heterocycles. The third kappa shape index (κ3) is 3.91. The zero-order valence-electron chi connectivity index (χ0n) is 10.0. The molecule has 2 aliphatic rings. The highest BCUT2D eigenvalue weighted by atomic mass is 32.2. The Morgan fingerprint density at radius 2 is 1.94 bits per heavy atom. The molecule has 6 heteroatoms. The molecule has 2 rings (SSSR count). The van der Waals surface area contributed by atoms with E-state index in [9.17, 15) is 8.42 Å². The van der Waals surface area contributed by atoms with Crippen LogP contribution >= 0.6 is 0 Å². The SMILES string of the molecule is NCCC1COC(CC2CCS(=O)(=O)CC2)O1. The summed E-state index contributed by atoms with van der Waals surface area (Å²) in [4.78, 5) is 0. The van der Waals surface area contributed by atoms with Crippen LogP contribution in [0.5, 0.6) is 0 Å². The summed E-state index contributed by atoms with van der Waals surface area (Å²) in [6.45, 7) is 1.23. The topological polar surface area (TPSA) is 78.6 Å². The molecule has 0 aliphatic carbocycles. The lowest BCUT2D eigenvalue weighted by molar-refractivity contribution is -0.0725. The van der Waals surface area contributed by atoms with Crippen molar-refractivity contribution in [3.8, 4) is 0 Å². The fraction of sp³-hybridized carbons (Fsp3) is 1.00. The molecule has 2 atom stereocenters. The Labute approximate surface area is 103 Å². The van der Waals surface area contributed by atoms with Crippen molar-refractivity contribution in [1.29, 1.82) is 0 Å². The van der Waals surface area contributed by atoms with Crippen molar-refractivity contribution in [3.63, 3.8) is 0 Å². The van der Waals surface area contributed by atoms with Crippen LogP contribution in [0.25, 0.3) is 0 Å². The zero-order chi connectivity index (χ0) is 12.3. The van der Waals surface area contributed by atoms with E-state index in [0.717, 1.165) is 25.7 Å². The second kappa shape index (κ2) is 5.65. The van der Waals surface area contributed by atoms with Crippen LogP contribution in [-0.4, -0.2) is 45.5 Å². The molecule has 0 aromatic rings. The van der Waals surface area contributed by atoms with Gasteiger partial charge in [0.1, 0.15) is 9.84 Å². The first-order valence-electron chi connectivity index (χ1n) is 6.26. The van der Waals surface area contributed by atoms with Gasteiger partial charge in [-0.15, -0.1) is 0 Å². The minimum absolute atomic E-state index is 0.123. The van der Waals surface area contributed by atoms with Gasteiger partial charge in [-0.05, 0) is 31.7 Å². The largest absolute Gasteiger partial charge is 0.350 e. The maximum atomic E-state index is 11.3. The van der Waals surface area contributed by atoms with Gasteiger partial charge in [0.2, 0.25) is 0 Å². The quantitative estimate of drug-likeness (QED) is 0.789. The molecule has 100 valence electrons. The standard InChI is InChI=1S/C11H21NO4S/c12-4-1-10-8-15-11(16-10)7-9-2-5-17(13,14)6-3-9/h9-11H,1-8,12H2. The molecular weight excluding hydrogens is 242 g/mol. The molecule has 5 nitrogen and oxygen atoms in total. The third-order valence-electron chi connectivity index (χ3n) is 3.50. The minimum Gasteiger partial charge on any atom is -0.350 e. The van der Waals surface area contributed by atoms with Gasteiger partial charge in [-0.1, -0.05) is 0 Å². The third-order valence-corrected chi connectivity index (χ3v) is 5.22. The molecular formula is C11H21NO4S. The van der Waals surface area contributed by atoms with Crippen LogP contribution in [0.1, 0.15) is 25.7 Å². The van der Waals surface area contributed by atoms with Gasteiger partial charge in [0.15, 0.2) is 6.29 Å². The molecule has 0 radical (unpaired) electrons. The van der Waals surface area contributed by atoms with E-state index in [-0.39, 0.29) is 12.4 Å². The summed E-state index contributed by atoms with van der Waals surface area (Å²) in [5, 5.41) is 0. The van der Waals surface area contributed by atoms with Crippen LogP contribution in [0, 0.1) is 5.92 Å². The van der Waals surface area contributed by atoms with Crippen LogP contribution in [0.2, 0.25) is 0 Å². The lowest BCUT2D eigenvalue weighted by atomic mass is 9.99. The van der Waals surface area contributed by atoms with Gasteiger partial charge in [0.05, 0.1) is 24.2 Å². The lowest BCUT2D eigenvalue weighted by Gasteiger charge is -2.23. The summed E-state index contributed by atoms with van der Waals surface area (Å²) in [5.41, 5.74) is 5.47. The number of rotatable bonds is 4. The summed E-state index contributed by atoms with van der Waals surface area (Å²) < 4.78 is 33.8. The molecule has 0 saturated carbocycles. The van der Waals surface area contributed by atoms with Crippen LogP contribution in [0.15, 0.2) is 0 Å². The molecule has 2 fully saturated rings. The van der Waals surface area contributed by atoms with E-state index < -0.39 is 9.84 Å². The summed E-state index contributed by atoms with van der Waals surface area (Å²) >= 11 is 0. The molecule has 2 heterocycles. The van der Waals surface area contributed by atoms with Crippen molar-refractivity contribution in [3.05, 3.63) is 0 Å². The molecule has 0 aromatic heterocycles. The van der Waals surface area contributed by atoms with Crippen molar-refractivity contribution >= 4 is 9.84 Å². The van der Waals surface area contributed by atoms with E-state index in [2.05, 4.69) is 0 Å². The van der Waals surface area contributed by atoms with Gasteiger partial charge in [-0.25, -0.2) is 8.42 Å². The minimum atomic E-state index is -2.77. The maximum Gasteiger partial charge on any atom is 0.158 e. The van der Waals surface area contributed by atoms with Gasteiger partial charge < -0.3 is 15.2 Å². The van der Waals surface area contributed by atoms with Crippen molar-refractivity contribution in [2.45, 2.75) is 38.1 Å². The van der Waals surface area contributed by atoms with Crippen molar-refractivity contribution in [2.75, 3.05) is 24.7 Å². The predicted octanol–water partition coefficient (Wildman–Crippen LogP) is 0.292. The monoisotopic (exact) mass is 263 g/mol. The number of nitrogens with two attached hydrogens (primary N) is 1. The Kier molecular flexibility index (Phi) is 4.41. The van der Waals surface area contributed by atoms with E-state index in [4.69, 9.17) is 15.2 Å². The number of hydrogen-bond donors (Lipinski definition) is 1. The number of ether oxygens (including phenoxy) is 2. The highest BCUT2D eigenvalue weighted by molar-refractivity contribution is 7.91. The molecule has 17 heavy (non-hydrogen) atoms. The molecule has 2 saturated heterocycles. The normalized spacial score (nSPS) is 33.9. The first-order chi connectivity index (χ1) is 8.09. The summed E-state index contributed by atoms with van der Waals surface area (Å²) in [6, 6.07) is 0. The molecule has 2 unspecified atom stereocenters. The van der Waals surface area contributed by atoms with Gasteiger partial charge in [-0.3, -0.25) is 0 Å². The average molecular weight is 263 g/mol. The fourth-order valence-corrected chi connectivity index (χ4v) is 4.00. The summed E-state index contributed by atoms with van der Waals surface area (Å²) in [6.07, 6.45) is 3.10. The first kappa shape index (κ1) is 13.3. The maximum absolute atomic E-state index is 11.3. The van der Waals surface area contributed by atoms with E-state index in [1.54, 1.807) is 0 Å². The van der Waals surface area contributed by atoms with Crippen molar-refractivity contribution in [2.24, 2.45) is 11.7 Å². The zero-order valence-corrected chi connectivity index (χ0v) is 10.8. The van der Waals surface area contributed by atoms with Crippen molar-refractivity contribution in [1.82, 2.24) is 0 Å². The fourth-order valence-electron chi connectivity index (χ4n) is 2.42. The van der Waals surface area contributed by atoms with Gasteiger partial charge >= 0.3 is 0 Å². The van der Waals surface area contributed by atoms with Gasteiger partial charge in [-0.2, -0.15) is 0 Å². The Hall–Kier alpha value is -0.170. The van der Waals surface area contributed by atoms with Gasteiger partial charge in [0.25, 0.3) is 0 Å².